The molecule has 1 heterocycles. The van der Waals surface area contributed by atoms with Crippen molar-refractivity contribution in [2.45, 2.75) is 6.29 Å². The molecule has 1 rings (SSSR count). The van der Waals surface area contributed by atoms with Crippen molar-refractivity contribution in [1.29, 1.82) is 0 Å². The first-order valence-corrected chi connectivity index (χ1v) is 4.17. The highest BCUT2D eigenvalue weighted by atomic mass is 79.9. The number of hydrogen-bond acceptors (Lipinski definition) is 8. The van der Waals surface area contributed by atoms with Crippen molar-refractivity contribution in [3.8, 4) is 0 Å². The molecule has 0 saturated carbocycles. The van der Waals surface area contributed by atoms with Crippen molar-refractivity contribution in [2.75, 3.05) is 0 Å². The van der Waals surface area contributed by atoms with Crippen molar-refractivity contribution < 1.29 is 14.8 Å². The molecule has 0 atom stereocenters. The fraction of sp³-hybridized carbons (Fsp3) is 0.333. The Bertz CT molecular complexity index is 455. The summed E-state index contributed by atoms with van der Waals surface area (Å²) in [5, 5.41) is 34.0. The minimum Gasteiger partial charge on any atom is -0.390 e. The largest absolute Gasteiger partial charge is 0.568 e. The zero-order chi connectivity index (χ0) is 12.5. The Labute approximate surface area is 93.4 Å². The molecule has 1 aromatic heterocycles. The molecule has 0 aliphatic heterocycles. The van der Waals surface area contributed by atoms with Gasteiger partial charge in [0.15, 0.2) is 0 Å². The second-order valence-electron chi connectivity index (χ2n) is 2.30. The highest BCUT2D eigenvalue weighted by Gasteiger charge is 2.42. The van der Waals surface area contributed by atoms with E-state index in [2.05, 4.69) is 26.0 Å². The van der Waals surface area contributed by atoms with E-state index >= 15 is 0 Å². The summed E-state index contributed by atoms with van der Waals surface area (Å²) in [7, 11) is 0. The van der Waals surface area contributed by atoms with Gasteiger partial charge in [0, 0.05) is 21.0 Å². The Morgan fingerprint density at radius 3 is 2.00 bits per heavy atom. The maximum Gasteiger partial charge on any atom is 0.568 e. The maximum absolute atomic E-state index is 10.4. The quantitative estimate of drug-likeness (QED) is 0.424. The molecule has 0 aromatic carbocycles. The molecular weight excluding hydrogens is 296 g/mol. The minimum atomic E-state index is -2.46. The molecule has 13 heteroatoms. The van der Waals surface area contributed by atoms with E-state index in [0.717, 1.165) is 0 Å². The van der Waals surface area contributed by atoms with Crippen LogP contribution in [-0.2, 0) is 0 Å². The lowest BCUT2D eigenvalue weighted by Gasteiger charge is -1.97. The van der Waals surface area contributed by atoms with E-state index in [1.54, 1.807) is 0 Å². The Balaban J connectivity index is 3.25. The summed E-state index contributed by atoms with van der Waals surface area (Å²) < 4.78 is -0.282. The molecule has 0 amide bonds. The maximum atomic E-state index is 10.4. The van der Waals surface area contributed by atoms with E-state index in [0.29, 0.717) is 0 Å². The van der Waals surface area contributed by atoms with Gasteiger partial charge in [-0.25, -0.2) is 0 Å². The molecule has 0 aliphatic carbocycles. The van der Waals surface area contributed by atoms with Crippen LogP contribution in [0.4, 0.5) is 5.95 Å². The van der Waals surface area contributed by atoms with Crippen LogP contribution < -0.4 is 0 Å². The SMILES string of the molecule is O=[N+]([O-])c1nc(Br)n(C([N+](=O)[O-])[N+](=O)[O-])n1. The third-order valence-corrected chi connectivity index (χ3v) is 1.88. The third-order valence-electron chi connectivity index (χ3n) is 1.34. The van der Waals surface area contributed by atoms with Crippen LogP contribution in [0.1, 0.15) is 6.29 Å². The fourth-order valence-electron chi connectivity index (χ4n) is 0.774. The van der Waals surface area contributed by atoms with Crippen molar-refractivity contribution >= 4 is 21.9 Å². The van der Waals surface area contributed by atoms with E-state index < -0.39 is 31.7 Å². The van der Waals surface area contributed by atoms with Gasteiger partial charge in [0.25, 0.3) is 4.73 Å². The zero-order valence-corrected chi connectivity index (χ0v) is 8.67. The van der Waals surface area contributed by atoms with Gasteiger partial charge in [0.05, 0.1) is 0 Å². The zero-order valence-electron chi connectivity index (χ0n) is 7.09. The van der Waals surface area contributed by atoms with Crippen LogP contribution in [0, 0.1) is 30.3 Å². The lowest BCUT2D eigenvalue weighted by molar-refractivity contribution is -0.775. The molecule has 0 unspecified atom stereocenters. The number of rotatable bonds is 4. The molecule has 86 valence electrons. The highest BCUT2D eigenvalue weighted by Crippen LogP contribution is 2.18. The van der Waals surface area contributed by atoms with Crippen LogP contribution >= 0.6 is 15.9 Å². The van der Waals surface area contributed by atoms with E-state index in [1.165, 1.54) is 0 Å². The van der Waals surface area contributed by atoms with Crippen molar-refractivity contribution in [3.63, 3.8) is 0 Å². The molecule has 0 radical (unpaired) electrons. The Kier molecular flexibility index (Phi) is 3.07. The van der Waals surface area contributed by atoms with E-state index in [4.69, 9.17) is 0 Å². The van der Waals surface area contributed by atoms with Crippen molar-refractivity contribution in [1.82, 2.24) is 14.8 Å². The number of hydrogen-bond donors (Lipinski definition) is 0. The number of nitrogens with zero attached hydrogens (tertiary/aromatic N) is 6. The molecule has 0 fully saturated rings. The van der Waals surface area contributed by atoms with Gasteiger partial charge in [-0.2, -0.15) is 0 Å². The lowest BCUT2D eigenvalue weighted by atomic mass is 10.9. The van der Waals surface area contributed by atoms with Gasteiger partial charge in [-0.1, -0.05) is 0 Å². The molecule has 0 bridgehead atoms. The summed E-state index contributed by atoms with van der Waals surface area (Å²) in [4.78, 5) is 30.6. The van der Waals surface area contributed by atoms with E-state index in [9.17, 15) is 30.3 Å². The van der Waals surface area contributed by atoms with Crippen LogP contribution in [0.3, 0.4) is 0 Å². The van der Waals surface area contributed by atoms with Crippen LogP contribution in [-0.4, -0.2) is 29.5 Å². The molecule has 12 nitrogen and oxygen atoms in total. The average Bonchev–Trinajstić information content (AvgIpc) is 2.47. The summed E-state index contributed by atoms with van der Waals surface area (Å²) in [6.45, 7) is 0. The van der Waals surface area contributed by atoms with Crippen LogP contribution in [0.15, 0.2) is 4.73 Å². The molecule has 0 spiro atoms. The summed E-state index contributed by atoms with van der Waals surface area (Å²) >= 11 is 2.60. The second-order valence-corrected chi connectivity index (χ2v) is 3.01. The van der Waals surface area contributed by atoms with E-state index in [1.807, 2.05) is 0 Å². The van der Waals surface area contributed by atoms with Crippen LogP contribution in [0.5, 0.6) is 0 Å². The summed E-state index contributed by atoms with van der Waals surface area (Å²) in [5.41, 5.74) is 0. The standard InChI is InChI=1S/C3HBrN6O6/c4-1-5-2(8(11)12)6-7(1)3(9(13)14)10(15)16/h3H. The summed E-state index contributed by atoms with van der Waals surface area (Å²) in [5.74, 6) is -0.972. The molecule has 1 aromatic rings. The molecule has 0 saturated heterocycles. The van der Waals surface area contributed by atoms with Gasteiger partial charge in [-0.05, 0) is 14.6 Å². The van der Waals surface area contributed by atoms with Gasteiger partial charge in [-0.3, -0.25) is 20.2 Å². The molecule has 0 N–H and O–H groups in total. The molecule has 16 heavy (non-hydrogen) atoms. The predicted molar refractivity (Wildman–Crippen MR) is 47.4 cm³/mol. The van der Waals surface area contributed by atoms with Crippen LogP contribution in [0.25, 0.3) is 0 Å². The monoisotopic (exact) mass is 296 g/mol. The van der Waals surface area contributed by atoms with Gasteiger partial charge in [0.1, 0.15) is 9.85 Å². The smallest absolute Gasteiger partial charge is 0.390 e. The highest BCUT2D eigenvalue weighted by molar-refractivity contribution is 9.10. The van der Waals surface area contributed by atoms with Gasteiger partial charge in [-0.15, -0.1) is 0 Å². The predicted octanol–water partition coefficient (Wildman–Crippen LogP) is -0.0417. The van der Waals surface area contributed by atoms with Crippen LogP contribution in [0.2, 0.25) is 0 Å². The molecular formula is C3HBrN6O6. The number of halogens is 1. The van der Waals surface area contributed by atoms with Gasteiger partial charge in [0.2, 0.25) is 0 Å². The third kappa shape index (κ3) is 2.08. The first-order valence-electron chi connectivity index (χ1n) is 3.38. The first kappa shape index (κ1) is 11.9. The second kappa shape index (κ2) is 4.13. The number of aromatic nitrogens is 3. The summed E-state index contributed by atoms with van der Waals surface area (Å²) in [6.07, 6.45) is -2.46. The number of nitro groups is 3. The average molecular weight is 297 g/mol. The first-order chi connectivity index (χ1) is 7.34. The van der Waals surface area contributed by atoms with Crippen molar-refractivity contribution in [3.05, 3.63) is 35.1 Å². The summed E-state index contributed by atoms with van der Waals surface area (Å²) in [6, 6.07) is 0. The molecule has 0 aliphatic rings. The van der Waals surface area contributed by atoms with Gasteiger partial charge >= 0.3 is 12.2 Å². The Morgan fingerprint density at radius 1 is 1.19 bits per heavy atom. The Hall–Kier alpha value is -2.18. The van der Waals surface area contributed by atoms with E-state index in [-0.39, 0.29) is 4.68 Å². The Morgan fingerprint density at radius 2 is 1.69 bits per heavy atom. The van der Waals surface area contributed by atoms with Crippen molar-refractivity contribution in [2.24, 2.45) is 0 Å². The topological polar surface area (TPSA) is 160 Å². The fourth-order valence-corrected chi connectivity index (χ4v) is 1.19. The normalized spacial score (nSPS) is 10.4. The minimum absolute atomic E-state index is 0.193. The van der Waals surface area contributed by atoms with Gasteiger partial charge < -0.3 is 10.1 Å². The lowest BCUT2D eigenvalue weighted by Crippen LogP contribution is -2.27.